The van der Waals surface area contributed by atoms with Gasteiger partial charge in [-0.3, -0.25) is 9.59 Å². The highest BCUT2D eigenvalue weighted by Crippen LogP contribution is 2.32. The van der Waals surface area contributed by atoms with Crippen molar-refractivity contribution in [2.45, 2.75) is 19.0 Å². The predicted octanol–water partition coefficient (Wildman–Crippen LogP) is 3.01. The molecule has 1 saturated heterocycles. The molecule has 0 N–H and O–H groups in total. The van der Waals surface area contributed by atoms with Gasteiger partial charge in [-0.15, -0.1) is 11.6 Å². The number of hydrogen-bond donors (Lipinski definition) is 0. The fourth-order valence-corrected chi connectivity index (χ4v) is 2.76. The Hall–Kier alpha value is -1.76. The lowest BCUT2D eigenvalue weighted by Crippen LogP contribution is -2.50. The molecule has 1 aromatic rings. The SMILES string of the molecule is O=C(CCCCl)N1CCN(C(=O)c2ccccc2C(F)(F)F)CC1. The van der Waals surface area contributed by atoms with Gasteiger partial charge in [0.25, 0.3) is 5.91 Å². The Labute approximate surface area is 143 Å². The highest BCUT2D eigenvalue weighted by atomic mass is 35.5. The van der Waals surface area contributed by atoms with E-state index in [1.165, 1.54) is 23.1 Å². The molecule has 0 atom stereocenters. The molecule has 1 heterocycles. The van der Waals surface area contributed by atoms with Crippen LogP contribution in [0.5, 0.6) is 0 Å². The summed E-state index contributed by atoms with van der Waals surface area (Å²) in [5.41, 5.74) is -1.29. The second-order valence-electron chi connectivity index (χ2n) is 5.51. The molecule has 1 fully saturated rings. The summed E-state index contributed by atoms with van der Waals surface area (Å²) in [4.78, 5) is 27.3. The van der Waals surface area contributed by atoms with Crippen LogP contribution in [0.3, 0.4) is 0 Å². The molecule has 132 valence electrons. The molecular formula is C16H18ClF3N2O2. The van der Waals surface area contributed by atoms with Crippen molar-refractivity contribution in [1.82, 2.24) is 9.80 Å². The molecule has 1 aliphatic rings. The fraction of sp³-hybridized carbons (Fsp3) is 0.500. The van der Waals surface area contributed by atoms with Crippen molar-refractivity contribution in [1.29, 1.82) is 0 Å². The zero-order chi connectivity index (χ0) is 17.7. The standard InChI is InChI=1S/C16H18ClF3N2O2/c17-7-3-6-14(23)21-8-10-22(11-9-21)15(24)12-4-1-2-5-13(12)16(18,19)20/h1-2,4-5H,3,6-11H2. The zero-order valence-electron chi connectivity index (χ0n) is 13.0. The molecule has 0 saturated carbocycles. The number of halogens is 4. The van der Waals surface area contributed by atoms with Crippen molar-refractivity contribution < 1.29 is 22.8 Å². The first-order valence-electron chi connectivity index (χ1n) is 7.64. The minimum Gasteiger partial charge on any atom is -0.339 e. The Morgan fingerprint density at radius 2 is 1.62 bits per heavy atom. The maximum absolute atomic E-state index is 13.0. The van der Waals surface area contributed by atoms with E-state index in [9.17, 15) is 22.8 Å². The van der Waals surface area contributed by atoms with Gasteiger partial charge >= 0.3 is 6.18 Å². The number of carbonyl (C=O) groups is 2. The molecule has 2 rings (SSSR count). The quantitative estimate of drug-likeness (QED) is 0.772. The van der Waals surface area contributed by atoms with Gasteiger partial charge in [0.1, 0.15) is 0 Å². The van der Waals surface area contributed by atoms with E-state index in [0.717, 1.165) is 6.07 Å². The van der Waals surface area contributed by atoms with Crippen LogP contribution in [0.25, 0.3) is 0 Å². The molecule has 0 unspecified atom stereocenters. The summed E-state index contributed by atoms with van der Waals surface area (Å²) in [5.74, 6) is -0.299. The Balaban J connectivity index is 2.03. The number of carbonyl (C=O) groups excluding carboxylic acids is 2. The van der Waals surface area contributed by atoms with E-state index in [-0.39, 0.29) is 24.6 Å². The minimum atomic E-state index is -4.58. The van der Waals surface area contributed by atoms with Crippen LogP contribution in [0.1, 0.15) is 28.8 Å². The highest BCUT2D eigenvalue weighted by Gasteiger charge is 2.36. The average molecular weight is 363 g/mol. The minimum absolute atomic E-state index is 0.0431. The molecule has 2 amide bonds. The second kappa shape index (κ2) is 7.88. The molecule has 1 aliphatic heterocycles. The molecule has 4 nitrogen and oxygen atoms in total. The van der Waals surface area contributed by atoms with Gasteiger partial charge in [-0.1, -0.05) is 12.1 Å². The van der Waals surface area contributed by atoms with Crippen LogP contribution in [0.4, 0.5) is 13.2 Å². The maximum Gasteiger partial charge on any atom is 0.417 e. The van der Waals surface area contributed by atoms with Crippen molar-refractivity contribution in [3.63, 3.8) is 0 Å². The molecule has 24 heavy (non-hydrogen) atoms. The number of rotatable bonds is 4. The van der Waals surface area contributed by atoms with Gasteiger partial charge in [0, 0.05) is 38.5 Å². The lowest BCUT2D eigenvalue weighted by Gasteiger charge is -2.35. The average Bonchev–Trinajstić information content (AvgIpc) is 2.58. The lowest BCUT2D eigenvalue weighted by atomic mass is 10.1. The normalized spacial score (nSPS) is 15.5. The molecule has 0 radical (unpaired) electrons. The van der Waals surface area contributed by atoms with Gasteiger partial charge in [0.2, 0.25) is 5.91 Å². The van der Waals surface area contributed by atoms with Crippen molar-refractivity contribution in [2.75, 3.05) is 32.1 Å². The molecule has 0 aromatic heterocycles. The first-order valence-corrected chi connectivity index (χ1v) is 8.17. The molecule has 0 aliphatic carbocycles. The third kappa shape index (κ3) is 4.41. The summed E-state index contributed by atoms with van der Waals surface area (Å²) in [7, 11) is 0. The van der Waals surface area contributed by atoms with Crippen molar-refractivity contribution in [3.8, 4) is 0 Å². The maximum atomic E-state index is 13.0. The van der Waals surface area contributed by atoms with Crippen molar-refractivity contribution in [2.24, 2.45) is 0 Å². The topological polar surface area (TPSA) is 40.6 Å². The van der Waals surface area contributed by atoms with Crippen molar-refractivity contribution >= 4 is 23.4 Å². The fourth-order valence-electron chi connectivity index (χ4n) is 2.62. The van der Waals surface area contributed by atoms with Gasteiger partial charge in [0.05, 0.1) is 11.1 Å². The van der Waals surface area contributed by atoms with Gasteiger partial charge in [-0.25, -0.2) is 0 Å². The van der Waals surface area contributed by atoms with E-state index in [1.807, 2.05) is 0 Å². The lowest BCUT2D eigenvalue weighted by molar-refractivity contribution is -0.138. The van der Waals surface area contributed by atoms with Crippen LogP contribution in [0.2, 0.25) is 0 Å². The van der Waals surface area contributed by atoms with E-state index >= 15 is 0 Å². The van der Waals surface area contributed by atoms with E-state index in [2.05, 4.69) is 0 Å². The summed E-state index contributed by atoms with van der Waals surface area (Å²) in [6.07, 6.45) is -3.65. The van der Waals surface area contributed by atoms with Gasteiger partial charge in [0.15, 0.2) is 0 Å². The third-order valence-electron chi connectivity index (χ3n) is 3.91. The highest BCUT2D eigenvalue weighted by molar-refractivity contribution is 6.17. The Morgan fingerprint density at radius 1 is 1.04 bits per heavy atom. The summed E-state index contributed by atoms with van der Waals surface area (Å²) < 4.78 is 39.1. The van der Waals surface area contributed by atoms with Gasteiger partial charge in [-0.2, -0.15) is 13.2 Å². The molecule has 0 bridgehead atoms. The van der Waals surface area contributed by atoms with Crippen LogP contribution in [0.15, 0.2) is 24.3 Å². The number of hydrogen-bond acceptors (Lipinski definition) is 2. The summed E-state index contributed by atoms with van der Waals surface area (Å²) >= 11 is 5.55. The third-order valence-corrected chi connectivity index (χ3v) is 4.17. The van der Waals surface area contributed by atoms with E-state index in [4.69, 9.17) is 11.6 Å². The number of alkyl halides is 4. The van der Waals surface area contributed by atoms with Crippen LogP contribution in [0, 0.1) is 0 Å². The van der Waals surface area contributed by atoms with Crippen LogP contribution in [-0.2, 0) is 11.0 Å². The monoisotopic (exact) mass is 362 g/mol. The predicted molar refractivity (Wildman–Crippen MR) is 83.9 cm³/mol. The van der Waals surface area contributed by atoms with Crippen LogP contribution in [-0.4, -0.2) is 53.7 Å². The van der Waals surface area contributed by atoms with Crippen LogP contribution < -0.4 is 0 Å². The largest absolute Gasteiger partial charge is 0.417 e. The number of piperazine rings is 1. The zero-order valence-corrected chi connectivity index (χ0v) is 13.7. The second-order valence-corrected chi connectivity index (χ2v) is 5.89. The van der Waals surface area contributed by atoms with Gasteiger partial charge in [-0.05, 0) is 18.6 Å². The van der Waals surface area contributed by atoms with E-state index in [1.54, 1.807) is 4.90 Å². The number of amides is 2. The molecule has 8 heteroatoms. The smallest absolute Gasteiger partial charge is 0.339 e. The first kappa shape index (κ1) is 18.6. The molecule has 1 aromatic carbocycles. The van der Waals surface area contributed by atoms with E-state index in [0.29, 0.717) is 31.8 Å². The number of nitrogens with zero attached hydrogens (tertiary/aromatic N) is 2. The molecule has 0 spiro atoms. The Morgan fingerprint density at radius 3 is 2.21 bits per heavy atom. The van der Waals surface area contributed by atoms with Crippen molar-refractivity contribution in [3.05, 3.63) is 35.4 Å². The van der Waals surface area contributed by atoms with Crippen LogP contribution >= 0.6 is 11.6 Å². The first-order chi connectivity index (χ1) is 11.3. The van der Waals surface area contributed by atoms with E-state index < -0.39 is 17.6 Å². The summed E-state index contributed by atoms with van der Waals surface area (Å²) in [6, 6.07) is 4.75. The summed E-state index contributed by atoms with van der Waals surface area (Å²) in [6.45, 7) is 1.08. The Bertz CT molecular complexity index is 599. The Kier molecular flexibility index (Phi) is 6.10. The molecular weight excluding hydrogens is 345 g/mol. The number of benzene rings is 1. The van der Waals surface area contributed by atoms with Gasteiger partial charge < -0.3 is 9.80 Å². The summed E-state index contributed by atoms with van der Waals surface area (Å²) in [5, 5.41) is 0.